The molecule has 1 heterocycles. The van der Waals surface area contributed by atoms with Gasteiger partial charge in [-0.05, 0) is 48.7 Å². The van der Waals surface area contributed by atoms with Gasteiger partial charge in [-0.15, -0.1) is 0 Å². The molecule has 3 N–H and O–H groups in total. The molecule has 0 radical (unpaired) electrons. The Hall–Kier alpha value is -2.53. The van der Waals surface area contributed by atoms with E-state index in [4.69, 9.17) is 16.6 Å². The summed E-state index contributed by atoms with van der Waals surface area (Å²) in [6.07, 6.45) is 5.70. The topological polar surface area (TPSA) is 65.5 Å². The molecule has 1 fully saturated rings. The molecule has 2 aromatic rings. The number of rotatable bonds is 3. The van der Waals surface area contributed by atoms with Gasteiger partial charge in [0.15, 0.2) is 0 Å². The van der Waals surface area contributed by atoms with Crippen molar-refractivity contribution in [3.05, 3.63) is 58.6 Å². The first-order valence-electron chi connectivity index (χ1n) is 9.80. The number of amides is 1. The molecular formula is C22H25ClN4O. The van der Waals surface area contributed by atoms with Crippen LogP contribution >= 0.6 is 11.6 Å². The summed E-state index contributed by atoms with van der Waals surface area (Å²) in [5.41, 5.74) is 3.46. The highest BCUT2D eigenvalue weighted by atomic mass is 35.5. The first-order valence-corrected chi connectivity index (χ1v) is 10.2. The fraction of sp³-hybridized carbons (Fsp3) is 0.364. The summed E-state index contributed by atoms with van der Waals surface area (Å²) in [4.78, 5) is 17.0. The second kappa shape index (κ2) is 7.84. The third-order valence-corrected chi connectivity index (χ3v) is 5.84. The number of hydrogen-bond donors (Lipinski definition) is 3. The molecular weight excluding hydrogens is 372 g/mol. The van der Waals surface area contributed by atoms with Crippen LogP contribution in [0.3, 0.4) is 0 Å². The van der Waals surface area contributed by atoms with Crippen LogP contribution in [-0.2, 0) is 6.54 Å². The summed E-state index contributed by atoms with van der Waals surface area (Å²) < 4.78 is 0. The zero-order valence-corrected chi connectivity index (χ0v) is 16.8. The van der Waals surface area contributed by atoms with Gasteiger partial charge in [0.2, 0.25) is 0 Å². The largest absolute Gasteiger partial charge is 0.371 e. The van der Waals surface area contributed by atoms with E-state index in [0.717, 1.165) is 40.6 Å². The number of carbonyl (C=O) groups is 1. The number of amidine groups is 1. The predicted molar refractivity (Wildman–Crippen MR) is 115 cm³/mol. The van der Waals surface area contributed by atoms with Crippen molar-refractivity contribution in [2.75, 3.05) is 17.7 Å². The highest BCUT2D eigenvalue weighted by Crippen LogP contribution is 2.40. The molecule has 1 amide bonds. The lowest BCUT2D eigenvalue weighted by Gasteiger charge is -2.44. The smallest absolute Gasteiger partial charge is 0.251 e. The van der Waals surface area contributed by atoms with Gasteiger partial charge in [-0.3, -0.25) is 9.79 Å². The maximum atomic E-state index is 12.0. The Kier molecular flexibility index (Phi) is 5.27. The number of aliphatic imine (C=N–C) groups is 1. The van der Waals surface area contributed by atoms with Gasteiger partial charge in [0, 0.05) is 17.6 Å². The van der Waals surface area contributed by atoms with Crippen LogP contribution in [-0.4, -0.2) is 24.3 Å². The Labute approximate surface area is 170 Å². The third kappa shape index (κ3) is 3.72. The summed E-state index contributed by atoms with van der Waals surface area (Å²) in [7, 11) is 1.64. The lowest BCUT2D eigenvalue weighted by molar-refractivity contribution is 0.0963. The van der Waals surface area contributed by atoms with Crippen LogP contribution in [0.25, 0.3) is 0 Å². The third-order valence-electron chi connectivity index (χ3n) is 5.61. The van der Waals surface area contributed by atoms with Crippen LogP contribution in [0.1, 0.15) is 48.0 Å². The zero-order valence-electron chi connectivity index (χ0n) is 16.0. The van der Waals surface area contributed by atoms with Gasteiger partial charge < -0.3 is 16.0 Å². The fourth-order valence-corrected chi connectivity index (χ4v) is 4.33. The molecule has 5 nitrogen and oxygen atoms in total. The van der Waals surface area contributed by atoms with Gasteiger partial charge in [0.25, 0.3) is 5.91 Å². The summed E-state index contributed by atoms with van der Waals surface area (Å²) in [6, 6.07) is 13.5. The number of hydrogen-bond acceptors (Lipinski definition) is 3. The van der Waals surface area contributed by atoms with E-state index in [-0.39, 0.29) is 11.4 Å². The molecule has 1 aliphatic heterocycles. The lowest BCUT2D eigenvalue weighted by atomic mass is 9.79. The number of benzene rings is 2. The SMILES string of the molecule is CNC(=O)c1ccc2c(c1)NC(=NCc1cccc(Cl)c1)C1(CCCCC1)N2. The monoisotopic (exact) mass is 396 g/mol. The summed E-state index contributed by atoms with van der Waals surface area (Å²) in [5, 5.41) is 10.7. The second-order valence-corrected chi connectivity index (χ2v) is 7.96. The molecule has 0 bridgehead atoms. The van der Waals surface area contributed by atoms with Crippen molar-refractivity contribution in [2.45, 2.75) is 44.2 Å². The minimum atomic E-state index is -0.168. The van der Waals surface area contributed by atoms with Crippen molar-refractivity contribution in [1.29, 1.82) is 0 Å². The lowest BCUT2D eigenvalue weighted by Crippen LogP contribution is -2.53. The summed E-state index contributed by atoms with van der Waals surface area (Å²) >= 11 is 6.12. The van der Waals surface area contributed by atoms with Crippen molar-refractivity contribution in [1.82, 2.24) is 5.32 Å². The van der Waals surface area contributed by atoms with Crippen LogP contribution in [0.4, 0.5) is 11.4 Å². The average Bonchev–Trinajstić information content (AvgIpc) is 2.72. The van der Waals surface area contributed by atoms with Crippen LogP contribution in [0.15, 0.2) is 47.5 Å². The minimum Gasteiger partial charge on any atom is -0.371 e. The average molecular weight is 397 g/mol. The van der Waals surface area contributed by atoms with Gasteiger partial charge in [0.1, 0.15) is 5.84 Å². The van der Waals surface area contributed by atoms with Gasteiger partial charge in [-0.1, -0.05) is 43.0 Å². The Morgan fingerprint density at radius 2 is 1.96 bits per heavy atom. The quantitative estimate of drug-likeness (QED) is 0.695. The molecule has 0 saturated heterocycles. The Morgan fingerprint density at radius 3 is 2.71 bits per heavy atom. The van der Waals surface area contributed by atoms with Gasteiger partial charge in [-0.2, -0.15) is 0 Å². The van der Waals surface area contributed by atoms with Crippen molar-refractivity contribution in [2.24, 2.45) is 4.99 Å². The van der Waals surface area contributed by atoms with E-state index < -0.39 is 0 Å². The van der Waals surface area contributed by atoms with E-state index in [2.05, 4.69) is 16.0 Å². The van der Waals surface area contributed by atoms with Crippen LogP contribution < -0.4 is 16.0 Å². The molecule has 1 aliphatic carbocycles. The number of nitrogens with one attached hydrogen (secondary N) is 3. The maximum Gasteiger partial charge on any atom is 0.251 e. The Balaban J connectivity index is 1.68. The van der Waals surface area contributed by atoms with Gasteiger partial charge >= 0.3 is 0 Å². The van der Waals surface area contributed by atoms with E-state index in [1.807, 2.05) is 42.5 Å². The number of fused-ring (bicyclic) bond motifs is 1. The van der Waals surface area contributed by atoms with E-state index in [0.29, 0.717) is 12.1 Å². The van der Waals surface area contributed by atoms with Crippen molar-refractivity contribution >= 4 is 34.7 Å². The van der Waals surface area contributed by atoms with E-state index in [9.17, 15) is 4.79 Å². The van der Waals surface area contributed by atoms with Crippen LogP contribution in [0, 0.1) is 0 Å². The highest BCUT2D eigenvalue weighted by Gasteiger charge is 2.40. The zero-order chi connectivity index (χ0) is 19.6. The first-order chi connectivity index (χ1) is 13.6. The minimum absolute atomic E-state index is 0.0973. The Bertz CT molecular complexity index is 919. The standard InChI is InChI=1S/C22H25ClN4O/c1-24-20(28)16-8-9-18-19(13-16)26-21(22(27-18)10-3-2-4-11-22)25-14-15-6-5-7-17(23)12-15/h5-9,12-13,27H,2-4,10-11,14H2,1H3,(H,24,28)(H,25,26). The molecule has 2 aliphatic rings. The predicted octanol–water partition coefficient (Wildman–Crippen LogP) is 4.84. The molecule has 0 unspecified atom stereocenters. The highest BCUT2D eigenvalue weighted by molar-refractivity contribution is 6.30. The van der Waals surface area contributed by atoms with E-state index in [1.165, 1.54) is 19.3 Å². The molecule has 28 heavy (non-hydrogen) atoms. The second-order valence-electron chi connectivity index (χ2n) is 7.53. The molecule has 6 heteroatoms. The fourth-order valence-electron chi connectivity index (χ4n) is 4.12. The molecule has 1 spiro atoms. The molecule has 0 atom stereocenters. The van der Waals surface area contributed by atoms with Crippen molar-refractivity contribution in [3.8, 4) is 0 Å². The summed E-state index contributed by atoms with van der Waals surface area (Å²) in [6.45, 7) is 0.566. The molecule has 1 saturated carbocycles. The van der Waals surface area contributed by atoms with Crippen molar-refractivity contribution in [3.63, 3.8) is 0 Å². The maximum absolute atomic E-state index is 12.0. The number of carbonyl (C=O) groups excluding carboxylic acids is 1. The van der Waals surface area contributed by atoms with Crippen LogP contribution in [0.2, 0.25) is 5.02 Å². The molecule has 4 rings (SSSR count). The first kappa shape index (κ1) is 18.8. The number of halogens is 1. The molecule has 2 aromatic carbocycles. The van der Waals surface area contributed by atoms with E-state index in [1.54, 1.807) is 7.05 Å². The number of nitrogens with zero attached hydrogens (tertiary/aromatic N) is 1. The van der Waals surface area contributed by atoms with Crippen LogP contribution in [0.5, 0.6) is 0 Å². The van der Waals surface area contributed by atoms with E-state index >= 15 is 0 Å². The number of anilines is 2. The van der Waals surface area contributed by atoms with Gasteiger partial charge in [-0.25, -0.2) is 0 Å². The molecule has 0 aromatic heterocycles. The Morgan fingerprint density at radius 1 is 1.14 bits per heavy atom. The normalized spacial score (nSPS) is 18.9. The van der Waals surface area contributed by atoms with Crippen molar-refractivity contribution < 1.29 is 4.79 Å². The molecule has 146 valence electrons. The summed E-state index contributed by atoms with van der Waals surface area (Å²) in [5.74, 6) is 0.855. The van der Waals surface area contributed by atoms with Gasteiger partial charge in [0.05, 0.1) is 23.5 Å².